The van der Waals surface area contributed by atoms with Crippen LogP contribution in [-0.4, -0.2) is 14.2 Å². The van der Waals surface area contributed by atoms with Crippen LogP contribution in [-0.2, 0) is 9.84 Å². The van der Waals surface area contributed by atoms with Crippen molar-refractivity contribution >= 4 is 22.0 Å². The van der Waals surface area contributed by atoms with Crippen LogP contribution in [0.15, 0.2) is 59.5 Å². The predicted molar refractivity (Wildman–Crippen MR) is 116 cm³/mol. The van der Waals surface area contributed by atoms with Gasteiger partial charge in [-0.25, -0.2) is 8.42 Å². The number of hydrogen-bond acceptors (Lipinski definition) is 2. The van der Waals surface area contributed by atoms with Crippen LogP contribution in [0.2, 0.25) is 0 Å². The van der Waals surface area contributed by atoms with Crippen LogP contribution >= 0.6 is 0 Å². The summed E-state index contributed by atoms with van der Waals surface area (Å²) in [7, 11) is -3.25. The van der Waals surface area contributed by atoms with Gasteiger partial charge in [0.05, 0.1) is 10.6 Å². The van der Waals surface area contributed by atoms with Crippen molar-refractivity contribution in [1.29, 1.82) is 0 Å². The monoisotopic (exact) mass is 384 g/mol. The number of benzene rings is 2. The van der Waals surface area contributed by atoms with Gasteiger partial charge in [-0.15, -0.1) is 0 Å². The van der Waals surface area contributed by atoms with Crippen LogP contribution in [0.25, 0.3) is 12.2 Å². The van der Waals surface area contributed by atoms with Crippen molar-refractivity contribution in [2.24, 2.45) is 0 Å². The fraction of sp³-hybridized carbons (Fsp3) is 0.417. The largest absolute Gasteiger partial charge is 0.224 e. The molecule has 27 heavy (non-hydrogen) atoms. The van der Waals surface area contributed by atoms with E-state index >= 15 is 0 Å². The zero-order chi connectivity index (χ0) is 19.4. The summed E-state index contributed by atoms with van der Waals surface area (Å²) in [6, 6.07) is 17.2. The normalized spacial score (nSPS) is 11.9. The molecule has 0 saturated heterocycles. The summed E-state index contributed by atoms with van der Waals surface area (Å²) in [5, 5.41) is 0. The lowest BCUT2D eigenvalue weighted by molar-refractivity contribution is 0.572. The van der Waals surface area contributed by atoms with E-state index in [4.69, 9.17) is 0 Å². The van der Waals surface area contributed by atoms with Crippen molar-refractivity contribution in [3.05, 3.63) is 65.7 Å². The fourth-order valence-corrected chi connectivity index (χ4v) is 4.77. The third-order valence-electron chi connectivity index (χ3n) is 4.78. The highest BCUT2D eigenvalue weighted by Crippen LogP contribution is 2.21. The molecular formula is C24H32O2S. The molecule has 0 saturated carbocycles. The summed E-state index contributed by atoms with van der Waals surface area (Å²) >= 11 is 0. The van der Waals surface area contributed by atoms with E-state index in [0.717, 1.165) is 30.4 Å². The maximum Gasteiger partial charge on any atom is 0.178 e. The molecule has 0 radical (unpaired) electrons. The highest BCUT2D eigenvalue weighted by Gasteiger charge is 2.16. The summed E-state index contributed by atoms with van der Waals surface area (Å²) < 4.78 is 25.6. The second-order valence-corrected chi connectivity index (χ2v) is 9.15. The van der Waals surface area contributed by atoms with E-state index in [9.17, 15) is 8.42 Å². The van der Waals surface area contributed by atoms with Crippen LogP contribution in [0.3, 0.4) is 0 Å². The molecule has 0 unspecified atom stereocenters. The lowest BCUT2D eigenvalue weighted by Gasteiger charge is -2.08. The van der Waals surface area contributed by atoms with E-state index in [2.05, 4.69) is 6.92 Å². The molecule has 3 heteroatoms. The van der Waals surface area contributed by atoms with Gasteiger partial charge in [-0.2, -0.15) is 0 Å². The van der Waals surface area contributed by atoms with Crippen molar-refractivity contribution in [1.82, 2.24) is 0 Å². The third-order valence-corrected chi connectivity index (χ3v) is 6.64. The lowest BCUT2D eigenvalue weighted by Crippen LogP contribution is -2.08. The molecule has 0 atom stereocenters. The van der Waals surface area contributed by atoms with Crippen molar-refractivity contribution in [2.75, 3.05) is 5.75 Å². The minimum Gasteiger partial charge on any atom is -0.224 e. The highest BCUT2D eigenvalue weighted by molar-refractivity contribution is 7.91. The van der Waals surface area contributed by atoms with E-state index in [0.29, 0.717) is 4.90 Å². The van der Waals surface area contributed by atoms with Crippen LogP contribution in [0.1, 0.15) is 69.4 Å². The standard InChI is InChI=1S/C24H32O2S/c1-2-3-4-5-6-7-8-14-21-27(25,26)24-18-13-12-17-23(24)20-19-22-15-10-9-11-16-22/h9-13,15-20H,2-8,14,21H2,1H3. The molecule has 2 aromatic carbocycles. The van der Waals surface area contributed by atoms with Gasteiger partial charge in [-0.1, -0.05) is 113 Å². The first kappa shape index (κ1) is 21.4. The Morgan fingerprint density at radius 1 is 0.704 bits per heavy atom. The first-order valence-corrected chi connectivity index (χ1v) is 11.8. The van der Waals surface area contributed by atoms with Gasteiger partial charge in [0.15, 0.2) is 9.84 Å². The SMILES string of the molecule is CCCCCCCCCCS(=O)(=O)c1ccccc1C=Cc1ccccc1. The Labute approximate surface area is 165 Å². The minimum atomic E-state index is -3.25. The van der Waals surface area contributed by atoms with E-state index in [1.807, 2.05) is 54.6 Å². The smallest absolute Gasteiger partial charge is 0.178 e. The van der Waals surface area contributed by atoms with Gasteiger partial charge in [0.2, 0.25) is 0 Å². The molecule has 0 spiro atoms. The van der Waals surface area contributed by atoms with E-state index in [1.165, 1.54) is 32.1 Å². The summed E-state index contributed by atoms with van der Waals surface area (Å²) in [5.41, 5.74) is 1.83. The average molecular weight is 385 g/mol. The number of unbranched alkanes of at least 4 members (excludes halogenated alkanes) is 7. The Morgan fingerprint density at radius 2 is 1.30 bits per heavy atom. The molecule has 0 aromatic heterocycles. The van der Waals surface area contributed by atoms with Crippen molar-refractivity contribution in [2.45, 2.75) is 63.2 Å². The van der Waals surface area contributed by atoms with Crippen LogP contribution < -0.4 is 0 Å². The van der Waals surface area contributed by atoms with Gasteiger partial charge in [0.1, 0.15) is 0 Å². The van der Waals surface area contributed by atoms with Gasteiger partial charge >= 0.3 is 0 Å². The first-order chi connectivity index (χ1) is 13.1. The molecule has 0 heterocycles. The molecule has 2 aromatic rings. The maximum atomic E-state index is 12.8. The molecule has 2 nitrogen and oxygen atoms in total. The van der Waals surface area contributed by atoms with Crippen molar-refractivity contribution in [3.8, 4) is 0 Å². The molecule has 0 N–H and O–H groups in total. The molecule has 0 bridgehead atoms. The quantitative estimate of drug-likeness (QED) is 0.299. The molecule has 0 fully saturated rings. The number of rotatable bonds is 12. The molecule has 0 aliphatic heterocycles. The fourth-order valence-electron chi connectivity index (χ4n) is 3.19. The number of sulfone groups is 1. The Morgan fingerprint density at radius 3 is 2.00 bits per heavy atom. The molecular weight excluding hydrogens is 352 g/mol. The average Bonchev–Trinajstić information content (AvgIpc) is 2.69. The highest BCUT2D eigenvalue weighted by atomic mass is 32.2. The molecule has 0 aliphatic carbocycles. The van der Waals surface area contributed by atoms with Gasteiger partial charge in [0, 0.05) is 0 Å². The van der Waals surface area contributed by atoms with Crippen LogP contribution in [0, 0.1) is 0 Å². The van der Waals surface area contributed by atoms with E-state index in [1.54, 1.807) is 12.1 Å². The topological polar surface area (TPSA) is 34.1 Å². The van der Waals surface area contributed by atoms with E-state index in [-0.39, 0.29) is 5.75 Å². The Hall–Kier alpha value is -1.87. The molecule has 0 aliphatic rings. The predicted octanol–water partition coefficient (Wildman–Crippen LogP) is 6.77. The van der Waals surface area contributed by atoms with Gasteiger partial charge in [-0.05, 0) is 23.6 Å². The van der Waals surface area contributed by atoms with Gasteiger partial charge < -0.3 is 0 Å². The molecule has 146 valence electrons. The van der Waals surface area contributed by atoms with Crippen molar-refractivity contribution in [3.63, 3.8) is 0 Å². The maximum absolute atomic E-state index is 12.8. The third kappa shape index (κ3) is 7.72. The zero-order valence-electron chi connectivity index (χ0n) is 16.4. The van der Waals surface area contributed by atoms with Crippen LogP contribution in [0.5, 0.6) is 0 Å². The second-order valence-electron chi connectivity index (χ2n) is 7.08. The Kier molecular flexibility index (Phi) is 9.34. The summed E-state index contributed by atoms with van der Waals surface area (Å²) in [6.45, 7) is 2.22. The Bertz CT molecular complexity index is 792. The summed E-state index contributed by atoms with van der Waals surface area (Å²) in [5.74, 6) is 0.234. The Balaban J connectivity index is 1.91. The van der Waals surface area contributed by atoms with Crippen molar-refractivity contribution < 1.29 is 8.42 Å². The minimum absolute atomic E-state index is 0.234. The van der Waals surface area contributed by atoms with Gasteiger partial charge in [-0.3, -0.25) is 0 Å². The number of hydrogen-bond donors (Lipinski definition) is 0. The molecule has 2 rings (SSSR count). The van der Waals surface area contributed by atoms with E-state index < -0.39 is 9.84 Å². The van der Waals surface area contributed by atoms with Crippen LogP contribution in [0.4, 0.5) is 0 Å². The summed E-state index contributed by atoms with van der Waals surface area (Å²) in [4.78, 5) is 0.445. The molecule has 0 amide bonds. The first-order valence-electron chi connectivity index (χ1n) is 10.2. The second kappa shape index (κ2) is 11.8. The zero-order valence-corrected chi connectivity index (χ0v) is 17.3. The lowest BCUT2D eigenvalue weighted by atomic mass is 10.1. The van der Waals surface area contributed by atoms with Gasteiger partial charge in [0.25, 0.3) is 0 Å². The summed E-state index contributed by atoms with van der Waals surface area (Å²) in [6.07, 6.45) is 13.1.